The van der Waals surface area contributed by atoms with Crippen LogP contribution in [0.25, 0.3) is 11.1 Å². The van der Waals surface area contributed by atoms with E-state index in [4.69, 9.17) is 22.0 Å². The third-order valence-electron chi connectivity index (χ3n) is 5.02. The fraction of sp³-hybridized carbons (Fsp3) is 0.286. The molecule has 9 nitrogen and oxygen atoms in total. The summed E-state index contributed by atoms with van der Waals surface area (Å²) in [5.74, 6) is 0.150. The molecule has 10 heteroatoms. The van der Waals surface area contributed by atoms with E-state index in [1.807, 2.05) is 11.0 Å². The van der Waals surface area contributed by atoms with Gasteiger partial charge in [-0.25, -0.2) is 9.78 Å². The second-order valence-electron chi connectivity index (χ2n) is 6.98. The molecule has 0 spiro atoms. The Morgan fingerprint density at radius 1 is 1.19 bits per heavy atom. The van der Waals surface area contributed by atoms with E-state index in [0.717, 1.165) is 0 Å². The molecule has 158 valence electrons. The number of carboxylic acid groups (broad SMARTS) is 1. The number of nitriles is 2. The van der Waals surface area contributed by atoms with E-state index in [2.05, 4.69) is 11.1 Å². The molecule has 31 heavy (non-hydrogen) atoms. The average molecular weight is 439 g/mol. The molecule has 3 rings (SSSR count). The van der Waals surface area contributed by atoms with E-state index < -0.39 is 6.09 Å². The second kappa shape index (κ2) is 9.33. The van der Waals surface area contributed by atoms with Gasteiger partial charge in [0.1, 0.15) is 18.4 Å². The van der Waals surface area contributed by atoms with Gasteiger partial charge >= 0.3 is 6.09 Å². The lowest BCUT2D eigenvalue weighted by molar-refractivity contribution is 0.0812. The summed E-state index contributed by atoms with van der Waals surface area (Å²) in [7, 11) is 1.52. The van der Waals surface area contributed by atoms with Gasteiger partial charge in [0.15, 0.2) is 0 Å². The van der Waals surface area contributed by atoms with Crippen LogP contribution in [-0.2, 0) is 0 Å². The van der Waals surface area contributed by atoms with E-state index in [9.17, 15) is 14.9 Å². The first kappa shape index (κ1) is 21.9. The first-order valence-electron chi connectivity index (χ1n) is 9.41. The number of carbonyl (C=O) groups excluding carboxylic acids is 1. The van der Waals surface area contributed by atoms with Crippen molar-refractivity contribution in [3.8, 4) is 23.3 Å². The molecule has 1 saturated heterocycles. The van der Waals surface area contributed by atoms with Gasteiger partial charge in [0.2, 0.25) is 0 Å². The van der Waals surface area contributed by atoms with Gasteiger partial charge in [0.05, 0.1) is 22.2 Å². The highest BCUT2D eigenvalue weighted by Gasteiger charge is 2.23. The van der Waals surface area contributed by atoms with Crippen molar-refractivity contribution in [1.29, 1.82) is 10.5 Å². The van der Waals surface area contributed by atoms with Crippen molar-refractivity contribution in [3.63, 3.8) is 0 Å². The third-order valence-corrected chi connectivity index (χ3v) is 5.34. The van der Waals surface area contributed by atoms with E-state index >= 15 is 0 Å². The molecule has 1 fully saturated rings. The molecule has 1 aromatic carbocycles. The van der Waals surface area contributed by atoms with Gasteiger partial charge in [-0.05, 0) is 23.8 Å². The number of anilines is 1. The summed E-state index contributed by atoms with van der Waals surface area (Å²) in [5, 5.41) is 27.7. The number of hydrogen-bond acceptors (Lipinski definition) is 6. The lowest BCUT2D eigenvalue weighted by Crippen LogP contribution is -2.48. The van der Waals surface area contributed by atoms with E-state index in [1.165, 1.54) is 16.8 Å². The summed E-state index contributed by atoms with van der Waals surface area (Å²) >= 11 is 6.31. The zero-order chi connectivity index (χ0) is 22.5. The molecule has 2 amide bonds. The zero-order valence-electron chi connectivity index (χ0n) is 16.7. The topological polar surface area (TPSA) is 125 Å². The number of aromatic nitrogens is 1. The molecule has 1 N–H and O–H groups in total. The molecule has 0 saturated carbocycles. The fourth-order valence-corrected chi connectivity index (χ4v) is 3.57. The van der Waals surface area contributed by atoms with Gasteiger partial charge < -0.3 is 19.8 Å². The summed E-state index contributed by atoms with van der Waals surface area (Å²) in [4.78, 5) is 32.4. The van der Waals surface area contributed by atoms with Crippen LogP contribution in [0.2, 0.25) is 5.02 Å². The largest absolute Gasteiger partial charge is 0.465 e. The van der Waals surface area contributed by atoms with Crippen molar-refractivity contribution < 1.29 is 14.7 Å². The number of piperazine rings is 1. The average Bonchev–Trinajstić information content (AvgIpc) is 2.78. The summed E-state index contributed by atoms with van der Waals surface area (Å²) in [6, 6.07) is 10.7. The van der Waals surface area contributed by atoms with Gasteiger partial charge in [0.25, 0.3) is 5.91 Å². The quantitative estimate of drug-likeness (QED) is 0.727. The second-order valence-corrected chi connectivity index (χ2v) is 7.38. The summed E-state index contributed by atoms with van der Waals surface area (Å²) in [6.45, 7) is 1.54. The number of carbonyl (C=O) groups is 2. The normalized spacial score (nSPS) is 13.3. The van der Waals surface area contributed by atoms with Crippen molar-refractivity contribution in [2.75, 3.05) is 44.7 Å². The smallest absolute Gasteiger partial charge is 0.407 e. The Bertz CT molecular complexity index is 1100. The minimum atomic E-state index is -0.957. The lowest BCUT2D eigenvalue weighted by atomic mass is 10.0. The number of pyridine rings is 1. The number of rotatable bonds is 4. The predicted molar refractivity (Wildman–Crippen MR) is 114 cm³/mol. The maximum atomic E-state index is 12.4. The predicted octanol–water partition coefficient (Wildman–Crippen LogP) is 2.67. The van der Waals surface area contributed by atoms with E-state index in [1.54, 1.807) is 30.5 Å². The molecular formula is C21H19ClN6O3. The van der Waals surface area contributed by atoms with Crippen molar-refractivity contribution >= 4 is 29.4 Å². The minimum absolute atomic E-state index is 0.0471. The standard InChI is InChI=1S/C21H19ClN6O3/c1-26(5-4-23)20(29)17-3-2-14(11-18(17)22)16-10-15(12-24)19(25-13-16)27-6-8-28(9-7-27)21(30)31/h2-3,10-11,13H,5-9H2,1H3,(H,30,31). The molecule has 0 radical (unpaired) electrons. The number of nitrogens with zero attached hydrogens (tertiary/aromatic N) is 6. The van der Waals surface area contributed by atoms with Crippen LogP contribution in [0.15, 0.2) is 30.5 Å². The zero-order valence-corrected chi connectivity index (χ0v) is 17.5. The lowest BCUT2D eigenvalue weighted by Gasteiger charge is -2.34. The first-order valence-corrected chi connectivity index (χ1v) is 9.78. The summed E-state index contributed by atoms with van der Waals surface area (Å²) in [6.07, 6.45) is 0.662. The molecule has 0 unspecified atom stereocenters. The maximum Gasteiger partial charge on any atom is 0.407 e. The van der Waals surface area contributed by atoms with Crippen molar-refractivity contribution in [1.82, 2.24) is 14.8 Å². The van der Waals surface area contributed by atoms with Crippen molar-refractivity contribution in [3.05, 3.63) is 46.6 Å². The molecule has 1 aromatic heterocycles. The fourth-order valence-electron chi connectivity index (χ4n) is 3.31. The highest BCUT2D eigenvalue weighted by Crippen LogP contribution is 2.29. The Balaban J connectivity index is 1.84. The van der Waals surface area contributed by atoms with Gasteiger partial charge in [0, 0.05) is 45.0 Å². The molecule has 1 aliphatic rings. The van der Waals surface area contributed by atoms with Gasteiger partial charge in [-0.3, -0.25) is 4.79 Å². The summed E-state index contributed by atoms with van der Waals surface area (Å²) in [5.41, 5.74) is 2.00. The molecular weight excluding hydrogens is 420 g/mol. The Hall–Kier alpha value is -3.82. The molecule has 1 aliphatic heterocycles. The summed E-state index contributed by atoms with van der Waals surface area (Å²) < 4.78 is 0. The molecule has 2 aromatic rings. The number of amides is 2. The van der Waals surface area contributed by atoms with Gasteiger partial charge in [-0.2, -0.15) is 10.5 Å². The minimum Gasteiger partial charge on any atom is -0.465 e. The maximum absolute atomic E-state index is 12.4. The third kappa shape index (κ3) is 4.68. The molecule has 0 atom stereocenters. The molecule has 0 aliphatic carbocycles. The van der Waals surface area contributed by atoms with Crippen molar-refractivity contribution in [2.24, 2.45) is 0 Å². The van der Waals surface area contributed by atoms with Crippen LogP contribution in [0, 0.1) is 22.7 Å². The van der Waals surface area contributed by atoms with E-state index in [-0.39, 0.29) is 23.0 Å². The Labute approximate surface area is 184 Å². The first-order chi connectivity index (χ1) is 14.8. The Morgan fingerprint density at radius 3 is 2.48 bits per heavy atom. The van der Waals surface area contributed by atoms with Crippen LogP contribution in [0.4, 0.5) is 10.6 Å². The molecule has 2 heterocycles. The number of halogens is 1. The number of benzene rings is 1. The van der Waals surface area contributed by atoms with E-state index in [0.29, 0.717) is 48.7 Å². The van der Waals surface area contributed by atoms with Crippen molar-refractivity contribution in [2.45, 2.75) is 0 Å². The number of hydrogen-bond donors (Lipinski definition) is 1. The SMILES string of the molecule is CN(CC#N)C(=O)c1ccc(-c2cnc(N3CCN(C(=O)O)CC3)c(C#N)c2)cc1Cl. The monoisotopic (exact) mass is 438 g/mol. The molecule has 0 bridgehead atoms. The van der Waals surface area contributed by atoms with Gasteiger partial charge in [-0.1, -0.05) is 17.7 Å². The highest BCUT2D eigenvalue weighted by atomic mass is 35.5. The van der Waals surface area contributed by atoms with Crippen LogP contribution in [0.3, 0.4) is 0 Å². The Morgan fingerprint density at radius 2 is 1.90 bits per heavy atom. The van der Waals surface area contributed by atoms with Gasteiger partial charge in [-0.15, -0.1) is 0 Å². The Kier molecular flexibility index (Phi) is 6.58. The van der Waals surface area contributed by atoms with Crippen LogP contribution in [0.1, 0.15) is 15.9 Å². The van der Waals surface area contributed by atoms with Crippen LogP contribution in [0.5, 0.6) is 0 Å². The van der Waals surface area contributed by atoms with Crippen LogP contribution < -0.4 is 4.90 Å². The van der Waals surface area contributed by atoms with Crippen LogP contribution in [-0.4, -0.2) is 71.7 Å². The highest BCUT2D eigenvalue weighted by molar-refractivity contribution is 6.34. The van der Waals surface area contributed by atoms with Crippen LogP contribution >= 0.6 is 11.6 Å².